The number of benzene rings is 2. The van der Waals surface area contributed by atoms with E-state index in [1.54, 1.807) is 6.92 Å². The van der Waals surface area contributed by atoms with Crippen LogP contribution in [0.15, 0.2) is 41.3 Å². The van der Waals surface area contributed by atoms with E-state index in [-0.39, 0.29) is 22.2 Å². The first-order valence-electron chi connectivity index (χ1n) is 6.80. The van der Waals surface area contributed by atoms with Crippen LogP contribution in [0.3, 0.4) is 0 Å². The zero-order valence-electron chi connectivity index (χ0n) is 12.4. The summed E-state index contributed by atoms with van der Waals surface area (Å²) in [6.07, 6.45) is 0. The highest BCUT2D eigenvalue weighted by atomic mass is 35.5. The number of halogens is 3. The van der Waals surface area contributed by atoms with Crippen molar-refractivity contribution >= 4 is 33.2 Å². The van der Waals surface area contributed by atoms with Crippen LogP contribution in [0, 0.1) is 11.6 Å². The molecular weight excluding hydrogens is 362 g/mol. The molecule has 0 saturated carbocycles. The monoisotopic (exact) mass is 374 g/mol. The van der Waals surface area contributed by atoms with Gasteiger partial charge in [-0.1, -0.05) is 18.5 Å². The first-order valence-corrected chi connectivity index (χ1v) is 8.66. The molecule has 0 unspecified atom stereocenters. The molecule has 0 aliphatic heterocycles. The van der Waals surface area contributed by atoms with Crippen molar-refractivity contribution in [1.82, 2.24) is 4.72 Å². The standard InChI is InChI=1S/C15H13ClF2N2O3S/c1-2-19-24(22,23)10-4-6-13(17)11(8-10)15(21)20-9-3-5-14(18)12(16)7-9/h3-8,19H,2H2,1H3,(H,20,21). The number of carbonyl (C=O) groups excluding carboxylic acids is 1. The van der Waals surface area contributed by atoms with Gasteiger partial charge in [0.2, 0.25) is 10.0 Å². The second-order valence-electron chi connectivity index (χ2n) is 4.73. The van der Waals surface area contributed by atoms with Gasteiger partial charge in [-0.05, 0) is 36.4 Å². The Labute approximate surface area is 142 Å². The largest absolute Gasteiger partial charge is 0.322 e. The molecule has 0 aliphatic carbocycles. The fraction of sp³-hybridized carbons (Fsp3) is 0.133. The van der Waals surface area contributed by atoms with E-state index < -0.39 is 33.1 Å². The highest BCUT2D eigenvalue weighted by Gasteiger charge is 2.19. The number of nitrogens with one attached hydrogen (secondary N) is 2. The number of amides is 1. The molecule has 0 saturated heterocycles. The molecule has 0 aromatic heterocycles. The Bertz CT molecular complexity index is 888. The lowest BCUT2D eigenvalue weighted by atomic mass is 10.2. The topological polar surface area (TPSA) is 75.3 Å². The highest BCUT2D eigenvalue weighted by Crippen LogP contribution is 2.21. The molecule has 0 atom stereocenters. The summed E-state index contributed by atoms with van der Waals surface area (Å²) in [5.74, 6) is -2.44. The molecule has 0 heterocycles. The summed E-state index contributed by atoms with van der Waals surface area (Å²) in [6.45, 7) is 1.74. The average Bonchev–Trinajstić information content (AvgIpc) is 2.51. The summed E-state index contributed by atoms with van der Waals surface area (Å²) >= 11 is 5.61. The minimum atomic E-state index is -3.84. The molecule has 1 amide bonds. The van der Waals surface area contributed by atoms with Crippen LogP contribution in [-0.4, -0.2) is 20.9 Å². The third-order valence-electron chi connectivity index (χ3n) is 3.00. The van der Waals surface area contributed by atoms with Crippen LogP contribution >= 0.6 is 11.6 Å². The Morgan fingerprint density at radius 1 is 1.12 bits per heavy atom. The number of hydrogen-bond acceptors (Lipinski definition) is 3. The van der Waals surface area contributed by atoms with Crippen molar-refractivity contribution in [3.63, 3.8) is 0 Å². The molecule has 0 radical (unpaired) electrons. The van der Waals surface area contributed by atoms with Gasteiger partial charge in [-0.25, -0.2) is 21.9 Å². The first-order chi connectivity index (χ1) is 11.2. The van der Waals surface area contributed by atoms with Crippen molar-refractivity contribution in [2.75, 3.05) is 11.9 Å². The van der Waals surface area contributed by atoms with Gasteiger partial charge in [-0.2, -0.15) is 0 Å². The number of hydrogen-bond donors (Lipinski definition) is 2. The Morgan fingerprint density at radius 2 is 1.79 bits per heavy atom. The lowest BCUT2D eigenvalue weighted by Gasteiger charge is -2.09. The highest BCUT2D eigenvalue weighted by molar-refractivity contribution is 7.89. The number of carbonyl (C=O) groups is 1. The third-order valence-corrected chi connectivity index (χ3v) is 4.84. The van der Waals surface area contributed by atoms with E-state index in [1.165, 1.54) is 6.07 Å². The van der Waals surface area contributed by atoms with Gasteiger partial charge >= 0.3 is 0 Å². The number of sulfonamides is 1. The van der Waals surface area contributed by atoms with E-state index in [2.05, 4.69) is 10.0 Å². The van der Waals surface area contributed by atoms with Crippen LogP contribution in [-0.2, 0) is 10.0 Å². The normalized spacial score (nSPS) is 11.3. The molecule has 24 heavy (non-hydrogen) atoms. The van der Waals surface area contributed by atoms with Crippen LogP contribution in [0.25, 0.3) is 0 Å². The Kier molecular flexibility index (Phi) is 5.53. The van der Waals surface area contributed by atoms with Gasteiger partial charge in [0.15, 0.2) is 0 Å². The smallest absolute Gasteiger partial charge is 0.258 e. The van der Waals surface area contributed by atoms with Gasteiger partial charge in [0.05, 0.1) is 15.5 Å². The van der Waals surface area contributed by atoms with E-state index in [0.717, 1.165) is 30.3 Å². The Hall–Kier alpha value is -2.03. The molecular formula is C15H13ClF2N2O3S. The predicted molar refractivity (Wildman–Crippen MR) is 86.6 cm³/mol. The minimum Gasteiger partial charge on any atom is -0.322 e. The van der Waals surface area contributed by atoms with Crippen molar-refractivity contribution in [3.8, 4) is 0 Å². The number of anilines is 1. The molecule has 2 aromatic rings. The Balaban J connectivity index is 2.33. The van der Waals surface area contributed by atoms with Gasteiger partial charge < -0.3 is 5.32 Å². The van der Waals surface area contributed by atoms with E-state index in [9.17, 15) is 22.0 Å². The summed E-state index contributed by atoms with van der Waals surface area (Å²) in [5.41, 5.74) is -0.319. The maximum absolute atomic E-state index is 13.9. The summed E-state index contributed by atoms with van der Waals surface area (Å²) in [4.78, 5) is 11.9. The molecule has 0 spiro atoms. The Morgan fingerprint density at radius 3 is 2.42 bits per heavy atom. The van der Waals surface area contributed by atoms with Crippen LogP contribution in [0.2, 0.25) is 5.02 Å². The van der Waals surface area contributed by atoms with Crippen LogP contribution in [0.4, 0.5) is 14.5 Å². The molecule has 5 nitrogen and oxygen atoms in total. The summed E-state index contributed by atoms with van der Waals surface area (Å²) in [7, 11) is -3.84. The van der Waals surface area contributed by atoms with Gasteiger partial charge in [0.1, 0.15) is 11.6 Å². The molecule has 0 fully saturated rings. The van der Waals surface area contributed by atoms with Crippen molar-refractivity contribution in [1.29, 1.82) is 0 Å². The van der Waals surface area contributed by atoms with E-state index >= 15 is 0 Å². The summed E-state index contributed by atoms with van der Waals surface area (Å²) in [6, 6.07) is 6.31. The van der Waals surface area contributed by atoms with Crippen molar-refractivity contribution in [3.05, 3.63) is 58.6 Å². The quantitative estimate of drug-likeness (QED) is 0.844. The number of rotatable bonds is 5. The molecule has 2 N–H and O–H groups in total. The zero-order valence-corrected chi connectivity index (χ0v) is 14.0. The zero-order chi connectivity index (χ0) is 17.9. The fourth-order valence-electron chi connectivity index (χ4n) is 1.89. The lowest BCUT2D eigenvalue weighted by molar-refractivity contribution is 0.102. The average molecular weight is 375 g/mol. The molecule has 0 bridgehead atoms. The van der Waals surface area contributed by atoms with Crippen LogP contribution < -0.4 is 10.0 Å². The molecule has 9 heteroatoms. The maximum Gasteiger partial charge on any atom is 0.258 e. The van der Waals surface area contributed by atoms with E-state index in [4.69, 9.17) is 11.6 Å². The maximum atomic E-state index is 13.9. The second kappa shape index (κ2) is 7.25. The molecule has 2 aromatic carbocycles. The SMILES string of the molecule is CCNS(=O)(=O)c1ccc(F)c(C(=O)Nc2ccc(F)c(Cl)c2)c1. The first kappa shape index (κ1) is 18.3. The van der Waals surface area contributed by atoms with Crippen molar-refractivity contribution < 1.29 is 22.0 Å². The summed E-state index contributed by atoms with van der Waals surface area (Å²) < 4.78 is 53.1. The van der Waals surface area contributed by atoms with E-state index in [0.29, 0.717) is 0 Å². The molecule has 128 valence electrons. The predicted octanol–water partition coefficient (Wildman–Crippen LogP) is 3.17. The molecule has 2 rings (SSSR count). The van der Waals surface area contributed by atoms with Crippen molar-refractivity contribution in [2.45, 2.75) is 11.8 Å². The van der Waals surface area contributed by atoms with Gasteiger partial charge in [-0.15, -0.1) is 0 Å². The van der Waals surface area contributed by atoms with E-state index in [1.807, 2.05) is 0 Å². The minimum absolute atomic E-state index is 0.144. The van der Waals surface area contributed by atoms with Gasteiger partial charge in [0.25, 0.3) is 5.91 Å². The van der Waals surface area contributed by atoms with Gasteiger partial charge in [0, 0.05) is 12.2 Å². The molecule has 0 aliphatic rings. The lowest BCUT2D eigenvalue weighted by Crippen LogP contribution is -2.24. The van der Waals surface area contributed by atoms with Crippen molar-refractivity contribution in [2.24, 2.45) is 0 Å². The van der Waals surface area contributed by atoms with Crippen LogP contribution in [0.5, 0.6) is 0 Å². The van der Waals surface area contributed by atoms with Gasteiger partial charge in [-0.3, -0.25) is 4.79 Å². The third kappa shape index (κ3) is 4.08. The summed E-state index contributed by atoms with van der Waals surface area (Å²) in [5, 5.41) is 2.12. The second-order valence-corrected chi connectivity index (χ2v) is 6.90. The fourth-order valence-corrected chi connectivity index (χ4v) is 3.14. The van der Waals surface area contributed by atoms with Crippen LogP contribution in [0.1, 0.15) is 17.3 Å².